The highest BCUT2D eigenvalue weighted by molar-refractivity contribution is 5.43. The van der Waals surface area contributed by atoms with Gasteiger partial charge in [-0.05, 0) is 39.2 Å². The second-order valence-electron chi connectivity index (χ2n) is 5.95. The van der Waals surface area contributed by atoms with Gasteiger partial charge in [-0.25, -0.2) is 4.68 Å². The van der Waals surface area contributed by atoms with E-state index in [9.17, 15) is 4.79 Å². The van der Waals surface area contributed by atoms with Gasteiger partial charge in [-0.15, -0.1) is 0 Å². The van der Waals surface area contributed by atoms with Crippen molar-refractivity contribution in [3.63, 3.8) is 0 Å². The molecular weight excluding hydrogens is 252 g/mol. The van der Waals surface area contributed by atoms with Crippen molar-refractivity contribution < 1.29 is 0 Å². The Kier molecular flexibility index (Phi) is 5.17. The van der Waals surface area contributed by atoms with E-state index in [1.54, 1.807) is 10.7 Å². The number of nitrogens with one attached hydrogen (secondary N) is 1. The van der Waals surface area contributed by atoms with Crippen LogP contribution in [0.25, 0.3) is 0 Å². The summed E-state index contributed by atoms with van der Waals surface area (Å²) in [4.78, 5) is 14.4. The van der Waals surface area contributed by atoms with E-state index < -0.39 is 0 Å². The fourth-order valence-electron chi connectivity index (χ4n) is 2.65. The highest BCUT2D eigenvalue weighted by Gasteiger charge is 2.17. The van der Waals surface area contributed by atoms with Gasteiger partial charge in [-0.1, -0.05) is 6.92 Å². The third kappa shape index (κ3) is 3.82. The fraction of sp³-hybridized carbons (Fsp3) is 0.733. The van der Waals surface area contributed by atoms with Crippen molar-refractivity contribution in [1.82, 2.24) is 15.1 Å². The smallest absolute Gasteiger partial charge is 0.268 e. The fourth-order valence-corrected chi connectivity index (χ4v) is 2.65. The number of hydrogen-bond acceptors (Lipinski definition) is 4. The van der Waals surface area contributed by atoms with Crippen LogP contribution in [-0.2, 0) is 6.54 Å². The Morgan fingerprint density at radius 2 is 2.35 bits per heavy atom. The molecule has 5 heteroatoms. The molecule has 1 aliphatic heterocycles. The number of nitrogens with zero attached hydrogens (tertiary/aromatic N) is 3. The second-order valence-corrected chi connectivity index (χ2v) is 5.95. The van der Waals surface area contributed by atoms with Crippen LogP contribution in [0.2, 0.25) is 0 Å². The maximum atomic E-state index is 12.1. The van der Waals surface area contributed by atoms with Gasteiger partial charge in [0.25, 0.3) is 5.56 Å². The van der Waals surface area contributed by atoms with Crippen LogP contribution < -0.4 is 15.8 Å². The van der Waals surface area contributed by atoms with Gasteiger partial charge < -0.3 is 10.2 Å². The Labute approximate surface area is 121 Å². The number of hydrogen-bond donors (Lipinski definition) is 1. The van der Waals surface area contributed by atoms with Crippen LogP contribution in [-0.4, -0.2) is 36.0 Å². The minimum absolute atomic E-state index is 0.00373. The topological polar surface area (TPSA) is 50.2 Å². The zero-order valence-corrected chi connectivity index (χ0v) is 12.8. The Hall–Kier alpha value is -1.36. The van der Waals surface area contributed by atoms with E-state index in [4.69, 9.17) is 0 Å². The van der Waals surface area contributed by atoms with Gasteiger partial charge in [-0.2, -0.15) is 5.10 Å². The molecule has 0 aliphatic carbocycles. The molecule has 0 amide bonds. The molecule has 1 N–H and O–H groups in total. The van der Waals surface area contributed by atoms with Crippen LogP contribution in [0.5, 0.6) is 0 Å². The van der Waals surface area contributed by atoms with Crippen LogP contribution in [0.1, 0.15) is 33.1 Å². The van der Waals surface area contributed by atoms with Crippen LogP contribution in [0.3, 0.4) is 0 Å². The molecule has 1 saturated heterocycles. The molecular formula is C15H26N4O. The third-order valence-corrected chi connectivity index (χ3v) is 4.14. The molecule has 20 heavy (non-hydrogen) atoms. The summed E-state index contributed by atoms with van der Waals surface area (Å²) in [5, 5.41) is 7.49. The van der Waals surface area contributed by atoms with Crippen LogP contribution in [0.15, 0.2) is 17.1 Å². The molecule has 2 unspecified atom stereocenters. The van der Waals surface area contributed by atoms with Gasteiger partial charge in [0.1, 0.15) is 0 Å². The van der Waals surface area contributed by atoms with E-state index in [0.29, 0.717) is 18.5 Å². The first-order valence-corrected chi connectivity index (χ1v) is 7.59. The van der Waals surface area contributed by atoms with E-state index in [1.165, 1.54) is 12.8 Å². The molecule has 1 aliphatic rings. The molecule has 112 valence electrons. The van der Waals surface area contributed by atoms with Gasteiger partial charge in [0, 0.05) is 31.7 Å². The standard InChI is InChI=1S/C15H26N4O/c1-12-5-4-7-18(11-12)14-9-15(20)19(17-10-14)8-6-13(2)16-3/h9-10,12-13,16H,4-8,11H2,1-3H3. The monoisotopic (exact) mass is 278 g/mol. The second kappa shape index (κ2) is 6.88. The zero-order chi connectivity index (χ0) is 14.5. The van der Waals surface area contributed by atoms with E-state index in [-0.39, 0.29) is 5.56 Å². The lowest BCUT2D eigenvalue weighted by molar-refractivity contribution is 0.443. The highest BCUT2D eigenvalue weighted by atomic mass is 16.1. The SMILES string of the molecule is CNC(C)CCn1ncc(N2CCCC(C)C2)cc1=O. The summed E-state index contributed by atoms with van der Waals surface area (Å²) in [5.74, 6) is 0.697. The first-order chi connectivity index (χ1) is 9.60. The number of aromatic nitrogens is 2. The summed E-state index contributed by atoms with van der Waals surface area (Å²) in [7, 11) is 1.93. The molecule has 2 atom stereocenters. The van der Waals surface area contributed by atoms with Crippen molar-refractivity contribution >= 4 is 5.69 Å². The van der Waals surface area contributed by atoms with Crippen molar-refractivity contribution in [2.24, 2.45) is 5.92 Å². The molecule has 1 fully saturated rings. The summed E-state index contributed by atoms with van der Waals surface area (Å²) in [6.07, 6.45) is 5.22. The van der Waals surface area contributed by atoms with E-state index in [2.05, 4.69) is 29.2 Å². The summed E-state index contributed by atoms with van der Waals surface area (Å²) >= 11 is 0. The summed E-state index contributed by atoms with van der Waals surface area (Å²) < 4.78 is 1.56. The highest BCUT2D eigenvalue weighted by Crippen LogP contribution is 2.20. The van der Waals surface area contributed by atoms with Crippen molar-refractivity contribution in [2.45, 2.75) is 45.7 Å². The lowest BCUT2D eigenvalue weighted by Crippen LogP contribution is -2.36. The zero-order valence-electron chi connectivity index (χ0n) is 12.8. The summed E-state index contributed by atoms with van der Waals surface area (Å²) in [6.45, 7) is 7.10. The Balaban J connectivity index is 2.03. The maximum absolute atomic E-state index is 12.1. The average molecular weight is 278 g/mol. The summed E-state index contributed by atoms with van der Waals surface area (Å²) in [6, 6.07) is 2.13. The Bertz CT molecular complexity index is 485. The Morgan fingerprint density at radius 3 is 3.00 bits per heavy atom. The minimum atomic E-state index is 0.00373. The Morgan fingerprint density at radius 1 is 1.55 bits per heavy atom. The van der Waals surface area contributed by atoms with Crippen molar-refractivity contribution in [2.75, 3.05) is 25.0 Å². The molecule has 0 spiro atoms. The van der Waals surface area contributed by atoms with Crippen molar-refractivity contribution in [1.29, 1.82) is 0 Å². The largest absolute Gasteiger partial charge is 0.370 e. The van der Waals surface area contributed by atoms with Crippen molar-refractivity contribution in [3.05, 3.63) is 22.6 Å². The quantitative estimate of drug-likeness (QED) is 0.886. The number of rotatable bonds is 5. The van der Waals surface area contributed by atoms with Crippen LogP contribution in [0, 0.1) is 5.92 Å². The predicted molar refractivity (Wildman–Crippen MR) is 82.2 cm³/mol. The number of anilines is 1. The molecule has 0 bridgehead atoms. The van der Waals surface area contributed by atoms with E-state index >= 15 is 0 Å². The van der Waals surface area contributed by atoms with Gasteiger partial charge in [-0.3, -0.25) is 4.79 Å². The van der Waals surface area contributed by atoms with Crippen LogP contribution >= 0.6 is 0 Å². The molecule has 0 radical (unpaired) electrons. The molecule has 0 saturated carbocycles. The van der Waals surface area contributed by atoms with Gasteiger partial charge in [0.05, 0.1) is 11.9 Å². The number of piperidine rings is 1. The minimum Gasteiger partial charge on any atom is -0.370 e. The van der Waals surface area contributed by atoms with Gasteiger partial charge >= 0.3 is 0 Å². The summed E-state index contributed by atoms with van der Waals surface area (Å²) in [5.41, 5.74) is 0.975. The molecule has 5 nitrogen and oxygen atoms in total. The molecule has 2 heterocycles. The number of aryl methyl sites for hydroxylation is 1. The normalized spacial score (nSPS) is 20.9. The van der Waals surface area contributed by atoms with Gasteiger partial charge in [0.15, 0.2) is 0 Å². The first-order valence-electron chi connectivity index (χ1n) is 7.59. The predicted octanol–water partition coefficient (Wildman–Crippen LogP) is 1.48. The average Bonchev–Trinajstić information content (AvgIpc) is 2.45. The lowest BCUT2D eigenvalue weighted by atomic mass is 10.00. The molecule has 1 aromatic rings. The first kappa shape index (κ1) is 15.0. The third-order valence-electron chi connectivity index (χ3n) is 4.14. The van der Waals surface area contributed by atoms with Crippen molar-refractivity contribution in [3.8, 4) is 0 Å². The maximum Gasteiger partial charge on any atom is 0.268 e. The lowest BCUT2D eigenvalue weighted by Gasteiger charge is -2.32. The van der Waals surface area contributed by atoms with E-state index in [1.807, 2.05) is 13.2 Å². The molecule has 0 aromatic carbocycles. The molecule has 2 rings (SSSR count). The van der Waals surface area contributed by atoms with E-state index in [0.717, 1.165) is 25.2 Å². The van der Waals surface area contributed by atoms with Crippen LogP contribution in [0.4, 0.5) is 5.69 Å². The van der Waals surface area contributed by atoms with Gasteiger partial charge in [0.2, 0.25) is 0 Å². The molecule has 1 aromatic heterocycles.